The third kappa shape index (κ3) is 4.45. The highest BCUT2D eigenvalue weighted by molar-refractivity contribution is 4.82. The lowest BCUT2D eigenvalue weighted by Gasteiger charge is -2.34. The van der Waals surface area contributed by atoms with Crippen LogP contribution in [0.3, 0.4) is 0 Å². The number of nitrogens with zero attached hydrogens (tertiary/aromatic N) is 2. The number of aromatic nitrogens is 2. The van der Waals surface area contributed by atoms with Gasteiger partial charge >= 0.3 is 0 Å². The lowest BCUT2D eigenvalue weighted by atomic mass is 9.75. The van der Waals surface area contributed by atoms with Gasteiger partial charge < -0.3 is 9.88 Å². The summed E-state index contributed by atoms with van der Waals surface area (Å²) in [6.07, 6.45) is 13.7. The van der Waals surface area contributed by atoms with E-state index in [2.05, 4.69) is 28.7 Å². The third-order valence-electron chi connectivity index (χ3n) is 4.17. The third-order valence-corrected chi connectivity index (χ3v) is 4.17. The van der Waals surface area contributed by atoms with Gasteiger partial charge in [0.05, 0.1) is 6.33 Å². The van der Waals surface area contributed by atoms with Gasteiger partial charge in [-0.3, -0.25) is 0 Å². The van der Waals surface area contributed by atoms with Crippen molar-refractivity contribution in [3.63, 3.8) is 0 Å². The number of hydrogen-bond acceptors (Lipinski definition) is 2. The van der Waals surface area contributed by atoms with E-state index in [4.69, 9.17) is 0 Å². The fraction of sp³-hybridized carbons (Fsp3) is 0.800. The molecule has 1 aliphatic rings. The van der Waals surface area contributed by atoms with Gasteiger partial charge in [0.25, 0.3) is 0 Å². The molecular formula is C15H27N3. The molecule has 0 saturated heterocycles. The van der Waals surface area contributed by atoms with E-state index in [-0.39, 0.29) is 0 Å². The quantitative estimate of drug-likeness (QED) is 0.785. The molecule has 1 aromatic rings. The largest absolute Gasteiger partial charge is 0.337 e. The summed E-state index contributed by atoms with van der Waals surface area (Å²) in [5.74, 6) is 0. The van der Waals surface area contributed by atoms with Crippen LogP contribution in [0.15, 0.2) is 18.7 Å². The van der Waals surface area contributed by atoms with Crippen LogP contribution in [0.2, 0.25) is 0 Å². The molecule has 3 heteroatoms. The van der Waals surface area contributed by atoms with Crippen molar-refractivity contribution >= 4 is 0 Å². The summed E-state index contributed by atoms with van der Waals surface area (Å²) in [5, 5.41) is 3.71. The summed E-state index contributed by atoms with van der Waals surface area (Å²) in [4.78, 5) is 4.06. The van der Waals surface area contributed by atoms with E-state index in [1.165, 1.54) is 45.1 Å². The summed E-state index contributed by atoms with van der Waals surface area (Å²) in [7, 11) is 0. The fourth-order valence-electron chi connectivity index (χ4n) is 2.75. The van der Waals surface area contributed by atoms with Crippen LogP contribution >= 0.6 is 0 Å². The zero-order valence-electron chi connectivity index (χ0n) is 11.9. The normalized spacial score (nSPS) is 20.1. The summed E-state index contributed by atoms with van der Waals surface area (Å²) < 4.78 is 2.16. The summed E-state index contributed by atoms with van der Waals surface area (Å²) in [5.41, 5.74) is 0.583. The van der Waals surface area contributed by atoms with Gasteiger partial charge in [0.1, 0.15) is 0 Å². The van der Waals surface area contributed by atoms with E-state index in [1.807, 2.05) is 18.7 Å². The minimum Gasteiger partial charge on any atom is -0.337 e. The lowest BCUT2D eigenvalue weighted by Crippen LogP contribution is -2.36. The predicted octanol–water partition coefficient (Wildman–Crippen LogP) is 3.22. The highest BCUT2D eigenvalue weighted by Crippen LogP contribution is 2.34. The van der Waals surface area contributed by atoms with Crippen LogP contribution in [0.5, 0.6) is 0 Å². The maximum atomic E-state index is 4.06. The van der Waals surface area contributed by atoms with Crippen molar-refractivity contribution in [3.05, 3.63) is 18.7 Å². The molecule has 0 spiro atoms. The van der Waals surface area contributed by atoms with Gasteiger partial charge in [-0.2, -0.15) is 0 Å². The average Bonchev–Trinajstić information content (AvgIpc) is 2.84. The second-order valence-corrected chi connectivity index (χ2v) is 6.40. The second kappa shape index (κ2) is 6.37. The Bertz CT molecular complexity index is 320. The van der Waals surface area contributed by atoms with Crippen molar-refractivity contribution in [3.8, 4) is 0 Å². The van der Waals surface area contributed by atoms with Gasteiger partial charge in [0.15, 0.2) is 0 Å². The van der Waals surface area contributed by atoms with E-state index in [0.29, 0.717) is 5.41 Å². The number of aryl methyl sites for hydroxylation is 1. The van der Waals surface area contributed by atoms with E-state index < -0.39 is 0 Å². The molecule has 18 heavy (non-hydrogen) atoms. The first-order chi connectivity index (χ1) is 8.66. The lowest BCUT2D eigenvalue weighted by molar-refractivity contribution is 0.206. The Morgan fingerprint density at radius 3 is 2.72 bits per heavy atom. The van der Waals surface area contributed by atoms with Gasteiger partial charge in [-0.25, -0.2) is 4.98 Å². The highest BCUT2D eigenvalue weighted by Gasteiger charge is 2.26. The van der Waals surface area contributed by atoms with Crippen molar-refractivity contribution in [2.75, 3.05) is 6.54 Å². The molecule has 1 fully saturated rings. The Hall–Kier alpha value is -0.830. The minimum atomic E-state index is 0.583. The van der Waals surface area contributed by atoms with Gasteiger partial charge in [0, 0.05) is 25.0 Å². The van der Waals surface area contributed by atoms with Crippen LogP contribution in [0.1, 0.15) is 52.4 Å². The van der Waals surface area contributed by atoms with Gasteiger partial charge in [0.2, 0.25) is 0 Å². The van der Waals surface area contributed by atoms with Crippen LogP contribution in [0.4, 0.5) is 0 Å². The fourth-order valence-corrected chi connectivity index (χ4v) is 2.75. The SMILES string of the molecule is CC1(C)CCC(NCCCCn2ccnc2)CC1. The predicted molar refractivity (Wildman–Crippen MR) is 75.5 cm³/mol. The first-order valence-corrected chi connectivity index (χ1v) is 7.35. The number of rotatable bonds is 6. The van der Waals surface area contributed by atoms with Crippen LogP contribution in [-0.4, -0.2) is 22.1 Å². The number of nitrogens with one attached hydrogen (secondary N) is 1. The Labute approximate surface area is 111 Å². The van der Waals surface area contributed by atoms with Gasteiger partial charge in [-0.1, -0.05) is 13.8 Å². The zero-order chi connectivity index (χ0) is 12.8. The number of hydrogen-bond donors (Lipinski definition) is 1. The molecule has 0 aromatic carbocycles. The van der Waals surface area contributed by atoms with Crippen molar-refractivity contribution in [2.45, 2.75) is 65.0 Å². The van der Waals surface area contributed by atoms with Crippen LogP contribution < -0.4 is 5.32 Å². The molecule has 0 aliphatic heterocycles. The standard InChI is InChI=1S/C15H27N3/c1-15(2)7-5-14(6-8-15)17-9-3-4-11-18-12-10-16-13-18/h10,12-14,17H,3-9,11H2,1-2H3. The van der Waals surface area contributed by atoms with Crippen molar-refractivity contribution < 1.29 is 0 Å². The van der Waals surface area contributed by atoms with Crippen LogP contribution in [0, 0.1) is 5.41 Å². The van der Waals surface area contributed by atoms with Crippen molar-refractivity contribution in [1.82, 2.24) is 14.9 Å². The van der Waals surface area contributed by atoms with E-state index >= 15 is 0 Å². The summed E-state index contributed by atoms with van der Waals surface area (Å²) in [6.45, 7) is 7.06. The molecule has 0 unspecified atom stereocenters. The minimum absolute atomic E-state index is 0.583. The smallest absolute Gasteiger partial charge is 0.0945 e. The molecule has 0 atom stereocenters. The van der Waals surface area contributed by atoms with E-state index in [9.17, 15) is 0 Å². The maximum absolute atomic E-state index is 4.06. The average molecular weight is 249 g/mol. The molecule has 0 radical (unpaired) electrons. The molecule has 1 heterocycles. The second-order valence-electron chi connectivity index (χ2n) is 6.40. The molecule has 0 amide bonds. The maximum Gasteiger partial charge on any atom is 0.0945 e. The highest BCUT2D eigenvalue weighted by atomic mass is 15.0. The Morgan fingerprint density at radius 2 is 2.06 bits per heavy atom. The van der Waals surface area contributed by atoms with E-state index in [1.54, 1.807) is 0 Å². The first-order valence-electron chi connectivity index (χ1n) is 7.35. The first kappa shape index (κ1) is 13.6. The topological polar surface area (TPSA) is 29.9 Å². The van der Waals surface area contributed by atoms with Crippen molar-refractivity contribution in [2.24, 2.45) is 5.41 Å². The zero-order valence-corrected chi connectivity index (χ0v) is 11.9. The molecule has 0 bridgehead atoms. The Morgan fingerprint density at radius 1 is 1.28 bits per heavy atom. The van der Waals surface area contributed by atoms with Crippen LogP contribution in [0.25, 0.3) is 0 Å². The number of unbranched alkanes of at least 4 members (excludes halogenated alkanes) is 1. The summed E-state index contributed by atoms with van der Waals surface area (Å²) >= 11 is 0. The molecule has 1 N–H and O–H groups in total. The summed E-state index contributed by atoms with van der Waals surface area (Å²) in [6, 6.07) is 0.770. The Balaban J connectivity index is 1.51. The van der Waals surface area contributed by atoms with Crippen LogP contribution in [-0.2, 0) is 6.54 Å². The van der Waals surface area contributed by atoms with Gasteiger partial charge in [-0.15, -0.1) is 0 Å². The van der Waals surface area contributed by atoms with Crippen molar-refractivity contribution in [1.29, 1.82) is 0 Å². The molecule has 1 aromatic heterocycles. The molecule has 102 valence electrons. The number of imidazole rings is 1. The molecule has 2 rings (SSSR count). The molecule has 1 aliphatic carbocycles. The Kier molecular flexibility index (Phi) is 4.81. The monoisotopic (exact) mass is 249 g/mol. The molecule has 1 saturated carbocycles. The molecule has 3 nitrogen and oxygen atoms in total. The van der Waals surface area contributed by atoms with E-state index in [0.717, 1.165) is 12.6 Å². The molecular weight excluding hydrogens is 222 g/mol. The van der Waals surface area contributed by atoms with Gasteiger partial charge in [-0.05, 0) is 50.5 Å².